The molecule has 6 nitrogen and oxygen atoms in total. The summed E-state index contributed by atoms with van der Waals surface area (Å²) >= 11 is 0. The maximum Gasteiger partial charge on any atom is 0.163 e. The lowest BCUT2D eigenvalue weighted by Crippen LogP contribution is -2.27. The van der Waals surface area contributed by atoms with Crippen LogP contribution in [-0.4, -0.2) is 32.9 Å². The van der Waals surface area contributed by atoms with E-state index in [4.69, 9.17) is 19.4 Å². The van der Waals surface area contributed by atoms with Gasteiger partial charge in [-0.15, -0.1) is 0 Å². The lowest BCUT2D eigenvalue weighted by molar-refractivity contribution is -0.138. The normalized spacial score (nSPS) is 13.8. The molecule has 4 heterocycles. The topological polar surface area (TPSA) is 74.2 Å². The highest BCUT2D eigenvalue weighted by atomic mass is 16.5. The Balaban J connectivity index is 1.70. The number of carbonyl (C=O) groups excluding carboxylic acids is 1. The number of ketones is 1. The van der Waals surface area contributed by atoms with E-state index in [1.54, 1.807) is 13.1 Å². The summed E-state index contributed by atoms with van der Waals surface area (Å²) in [4.78, 5) is 27.5. The second kappa shape index (κ2) is 9.79. The van der Waals surface area contributed by atoms with Crippen molar-refractivity contribution in [2.75, 3.05) is 6.61 Å². The van der Waals surface area contributed by atoms with E-state index in [0.717, 1.165) is 73.1 Å². The summed E-state index contributed by atoms with van der Waals surface area (Å²) in [5.41, 5.74) is 8.98. The zero-order valence-electron chi connectivity index (χ0n) is 23.8. The average Bonchev–Trinajstić information content (AvgIpc) is 2.91. The number of aromatic nitrogens is 3. The van der Waals surface area contributed by atoms with Crippen LogP contribution >= 0.6 is 0 Å². The summed E-state index contributed by atoms with van der Waals surface area (Å²) in [6.07, 6.45) is 5.59. The highest BCUT2D eigenvalue weighted by molar-refractivity contribution is 6.08. The van der Waals surface area contributed by atoms with Crippen LogP contribution in [0.15, 0.2) is 61.1 Å². The summed E-state index contributed by atoms with van der Waals surface area (Å²) in [5.74, 6) is 0.793. The molecule has 0 fully saturated rings. The zero-order valence-corrected chi connectivity index (χ0v) is 23.8. The fourth-order valence-corrected chi connectivity index (χ4v) is 5.73. The van der Waals surface area contributed by atoms with Crippen molar-refractivity contribution in [2.24, 2.45) is 0 Å². The predicted molar refractivity (Wildman–Crippen MR) is 159 cm³/mol. The van der Waals surface area contributed by atoms with Gasteiger partial charge in [-0.05, 0) is 106 Å². The maximum absolute atomic E-state index is 13.2. The third-order valence-electron chi connectivity index (χ3n) is 7.50. The first kappa shape index (κ1) is 26.1. The molecule has 0 amide bonds. The lowest BCUT2D eigenvalue weighted by Gasteiger charge is -2.30. The van der Waals surface area contributed by atoms with Gasteiger partial charge < -0.3 is 9.47 Å². The van der Waals surface area contributed by atoms with Crippen LogP contribution in [0.25, 0.3) is 44.2 Å². The molecule has 0 saturated heterocycles. The number of rotatable bonds is 5. The summed E-state index contributed by atoms with van der Waals surface area (Å²) in [6.45, 7) is 12.3. The molecule has 40 heavy (non-hydrogen) atoms. The largest absolute Gasteiger partial charge is 0.493 e. The molecule has 0 aliphatic carbocycles. The number of carbonyl (C=O) groups is 1. The van der Waals surface area contributed by atoms with E-state index in [1.807, 2.05) is 58.3 Å². The fourth-order valence-electron chi connectivity index (χ4n) is 5.73. The molecule has 0 N–H and O–H groups in total. The van der Waals surface area contributed by atoms with Gasteiger partial charge in [0.2, 0.25) is 0 Å². The first-order valence-corrected chi connectivity index (χ1v) is 13.7. The standard InChI is InChI=1S/C34H33N3O3/c1-19-11-14-35-18-25(19)26-9-7-23-27(37-26)17-20(2)29(33(21(3)38)40-34(4,5)6)31(23)24-8-10-28-30-22(13-16-39-28)12-15-36-32(24)30/h7-12,14-15,17-18,33H,13,16H2,1-6H3/t33-/m1/s1. The summed E-state index contributed by atoms with van der Waals surface area (Å²) < 4.78 is 12.5. The van der Waals surface area contributed by atoms with Gasteiger partial charge >= 0.3 is 0 Å². The minimum Gasteiger partial charge on any atom is -0.493 e. The molecule has 6 heteroatoms. The van der Waals surface area contributed by atoms with Crippen LogP contribution in [-0.2, 0) is 16.0 Å². The number of benzene rings is 2. The number of nitrogens with zero attached hydrogens (tertiary/aromatic N) is 3. The van der Waals surface area contributed by atoms with Gasteiger partial charge in [-0.25, -0.2) is 4.98 Å². The van der Waals surface area contributed by atoms with Crippen molar-refractivity contribution in [2.45, 2.75) is 59.7 Å². The van der Waals surface area contributed by atoms with Gasteiger partial charge in [-0.3, -0.25) is 14.8 Å². The van der Waals surface area contributed by atoms with E-state index in [0.29, 0.717) is 6.61 Å². The van der Waals surface area contributed by atoms with Gasteiger partial charge in [0.1, 0.15) is 11.9 Å². The van der Waals surface area contributed by atoms with Crippen molar-refractivity contribution in [3.8, 4) is 28.1 Å². The van der Waals surface area contributed by atoms with Gasteiger partial charge in [0.25, 0.3) is 0 Å². The van der Waals surface area contributed by atoms with Gasteiger partial charge in [0, 0.05) is 46.9 Å². The van der Waals surface area contributed by atoms with Crippen molar-refractivity contribution >= 4 is 27.6 Å². The molecule has 0 radical (unpaired) electrons. The number of fused-ring (bicyclic) bond motifs is 1. The molecule has 3 aromatic heterocycles. The fraction of sp³-hybridized carbons (Fsp3) is 0.294. The van der Waals surface area contributed by atoms with Crippen LogP contribution in [0.5, 0.6) is 5.75 Å². The Kier molecular flexibility index (Phi) is 6.38. The maximum atomic E-state index is 13.2. The molecule has 2 aromatic carbocycles. The van der Waals surface area contributed by atoms with E-state index in [-0.39, 0.29) is 5.78 Å². The molecule has 202 valence electrons. The Labute approximate surface area is 234 Å². The Bertz CT molecular complexity index is 1790. The van der Waals surface area contributed by atoms with Crippen molar-refractivity contribution in [3.63, 3.8) is 0 Å². The van der Waals surface area contributed by atoms with Crippen molar-refractivity contribution in [1.82, 2.24) is 15.0 Å². The minimum absolute atomic E-state index is 0.0480. The van der Waals surface area contributed by atoms with Crippen LogP contribution in [0, 0.1) is 13.8 Å². The van der Waals surface area contributed by atoms with Gasteiger partial charge in [0.15, 0.2) is 5.78 Å². The number of Topliss-reactive ketones (excluding diaryl/α,β-unsaturated/α-hetero) is 1. The molecule has 1 atom stereocenters. The Hall–Kier alpha value is -4.16. The van der Waals surface area contributed by atoms with Gasteiger partial charge in [-0.2, -0.15) is 0 Å². The first-order chi connectivity index (χ1) is 19.1. The monoisotopic (exact) mass is 531 g/mol. The van der Waals surface area contributed by atoms with E-state index in [9.17, 15) is 4.79 Å². The van der Waals surface area contributed by atoms with Crippen molar-refractivity contribution in [1.29, 1.82) is 0 Å². The summed E-state index contributed by atoms with van der Waals surface area (Å²) in [7, 11) is 0. The number of aryl methyl sites for hydroxylation is 2. The molecule has 0 spiro atoms. The Morgan fingerprint density at radius 1 is 1.00 bits per heavy atom. The van der Waals surface area contributed by atoms with Crippen molar-refractivity contribution < 1.29 is 14.3 Å². The molecule has 1 aliphatic heterocycles. The van der Waals surface area contributed by atoms with E-state index in [2.05, 4.69) is 36.2 Å². The predicted octanol–water partition coefficient (Wildman–Crippen LogP) is 7.51. The third-order valence-corrected chi connectivity index (χ3v) is 7.50. The van der Waals surface area contributed by atoms with Gasteiger partial charge in [0.05, 0.1) is 28.9 Å². The molecule has 0 bridgehead atoms. The quantitative estimate of drug-likeness (QED) is 0.234. The molecule has 6 rings (SSSR count). The average molecular weight is 532 g/mol. The SMILES string of the molecule is CC(=O)[C@@H](OC(C)(C)C)c1c(C)cc2nc(-c3cnccc3C)ccc2c1-c1ccc2c3c(ccnc13)CCO2. The second-order valence-corrected chi connectivity index (χ2v) is 11.6. The van der Waals surface area contributed by atoms with E-state index >= 15 is 0 Å². The Morgan fingerprint density at radius 2 is 1.82 bits per heavy atom. The minimum atomic E-state index is -0.748. The third kappa shape index (κ3) is 4.52. The summed E-state index contributed by atoms with van der Waals surface area (Å²) in [6, 6.07) is 14.3. The smallest absolute Gasteiger partial charge is 0.163 e. The van der Waals surface area contributed by atoms with E-state index in [1.165, 1.54) is 5.56 Å². The Morgan fingerprint density at radius 3 is 2.58 bits per heavy atom. The van der Waals surface area contributed by atoms with Gasteiger partial charge in [-0.1, -0.05) is 6.07 Å². The van der Waals surface area contributed by atoms with Crippen LogP contribution in [0.3, 0.4) is 0 Å². The van der Waals surface area contributed by atoms with Crippen molar-refractivity contribution in [3.05, 3.63) is 83.3 Å². The summed E-state index contributed by atoms with van der Waals surface area (Å²) in [5, 5.41) is 1.97. The molecule has 0 unspecified atom stereocenters. The van der Waals surface area contributed by atoms with E-state index < -0.39 is 11.7 Å². The number of hydrogen-bond donors (Lipinski definition) is 0. The lowest BCUT2D eigenvalue weighted by atomic mass is 9.85. The molecular formula is C34H33N3O3. The number of hydrogen-bond acceptors (Lipinski definition) is 6. The van der Waals surface area contributed by atoms with Crippen LogP contribution < -0.4 is 4.74 Å². The molecule has 0 saturated carbocycles. The molecular weight excluding hydrogens is 498 g/mol. The van der Waals surface area contributed by atoms with Crippen LogP contribution in [0.2, 0.25) is 0 Å². The first-order valence-electron chi connectivity index (χ1n) is 13.7. The zero-order chi connectivity index (χ0) is 28.2. The second-order valence-electron chi connectivity index (χ2n) is 11.6. The molecule has 1 aliphatic rings. The highest BCUT2D eigenvalue weighted by Gasteiger charge is 2.31. The molecule has 5 aromatic rings. The number of ether oxygens (including phenoxy) is 2. The number of pyridine rings is 3. The highest BCUT2D eigenvalue weighted by Crippen LogP contribution is 2.45. The van der Waals surface area contributed by atoms with Crippen LogP contribution in [0.1, 0.15) is 56.1 Å². The van der Waals surface area contributed by atoms with Crippen LogP contribution in [0.4, 0.5) is 0 Å².